The lowest BCUT2D eigenvalue weighted by Crippen LogP contribution is -2.24. The van der Waals surface area contributed by atoms with Crippen LogP contribution in [-0.2, 0) is 20.4 Å². The molecule has 1 N–H and O–H groups in total. The second-order valence-electron chi connectivity index (χ2n) is 4.91. The third-order valence-electron chi connectivity index (χ3n) is 3.03. The fourth-order valence-electron chi connectivity index (χ4n) is 2.02. The number of amides is 1. The number of anilines is 1. The van der Waals surface area contributed by atoms with Crippen LogP contribution in [0, 0.1) is 0 Å². The predicted octanol–water partition coefficient (Wildman–Crippen LogP) is 3.01. The van der Waals surface area contributed by atoms with Crippen LogP contribution in [0.1, 0.15) is 5.56 Å². The average molecular weight is 398 g/mol. The van der Waals surface area contributed by atoms with Crippen molar-refractivity contribution in [1.29, 1.82) is 0 Å². The molecule has 0 saturated heterocycles. The van der Waals surface area contributed by atoms with Crippen molar-refractivity contribution >= 4 is 37.4 Å². The van der Waals surface area contributed by atoms with Crippen molar-refractivity contribution in [3.05, 3.63) is 58.6 Å². The van der Waals surface area contributed by atoms with Gasteiger partial charge in [-0.1, -0.05) is 40.2 Å². The molecule has 0 aliphatic rings. The van der Waals surface area contributed by atoms with Crippen molar-refractivity contribution in [3.63, 3.8) is 0 Å². The SMILES string of the molecule is COc1ccccc1NC(=O)CS(=O)(=O)Cc1ccc(Br)cc1. The van der Waals surface area contributed by atoms with E-state index < -0.39 is 21.5 Å². The zero-order valence-corrected chi connectivity index (χ0v) is 14.9. The summed E-state index contributed by atoms with van der Waals surface area (Å²) in [7, 11) is -2.07. The van der Waals surface area contributed by atoms with E-state index >= 15 is 0 Å². The molecule has 0 atom stereocenters. The number of hydrogen-bond donors (Lipinski definition) is 1. The molecular formula is C16H16BrNO4S. The van der Waals surface area contributed by atoms with Crippen molar-refractivity contribution in [1.82, 2.24) is 0 Å². The molecule has 122 valence electrons. The summed E-state index contributed by atoms with van der Waals surface area (Å²) in [5, 5.41) is 2.56. The van der Waals surface area contributed by atoms with Gasteiger partial charge in [-0.05, 0) is 29.8 Å². The highest BCUT2D eigenvalue weighted by Crippen LogP contribution is 2.23. The van der Waals surface area contributed by atoms with E-state index in [1.165, 1.54) is 7.11 Å². The second-order valence-corrected chi connectivity index (χ2v) is 7.89. The maximum Gasteiger partial charge on any atom is 0.239 e. The van der Waals surface area contributed by atoms with Gasteiger partial charge >= 0.3 is 0 Å². The molecule has 1 amide bonds. The Morgan fingerprint density at radius 3 is 2.43 bits per heavy atom. The molecule has 0 saturated carbocycles. The number of nitrogens with one attached hydrogen (secondary N) is 1. The van der Waals surface area contributed by atoms with Crippen LogP contribution in [0.2, 0.25) is 0 Å². The van der Waals surface area contributed by atoms with E-state index in [4.69, 9.17) is 4.74 Å². The van der Waals surface area contributed by atoms with E-state index in [1.54, 1.807) is 48.5 Å². The number of carbonyl (C=O) groups is 1. The number of methoxy groups -OCH3 is 1. The van der Waals surface area contributed by atoms with E-state index in [-0.39, 0.29) is 5.75 Å². The molecule has 23 heavy (non-hydrogen) atoms. The second kappa shape index (κ2) is 7.61. The molecule has 7 heteroatoms. The minimum Gasteiger partial charge on any atom is -0.495 e. The van der Waals surface area contributed by atoms with E-state index in [2.05, 4.69) is 21.2 Å². The number of ether oxygens (including phenoxy) is 1. The number of rotatable bonds is 6. The number of hydrogen-bond acceptors (Lipinski definition) is 4. The zero-order chi connectivity index (χ0) is 16.9. The third-order valence-corrected chi connectivity index (χ3v) is 5.04. The Bertz CT molecular complexity index is 788. The van der Waals surface area contributed by atoms with E-state index in [0.717, 1.165) is 4.47 Å². The molecule has 0 bridgehead atoms. The standard InChI is InChI=1S/C16H16BrNO4S/c1-22-15-5-3-2-4-14(15)18-16(19)11-23(20,21)10-12-6-8-13(17)9-7-12/h2-9H,10-11H2,1H3,(H,18,19). The largest absolute Gasteiger partial charge is 0.495 e. The minimum absolute atomic E-state index is 0.181. The zero-order valence-electron chi connectivity index (χ0n) is 12.5. The Morgan fingerprint density at radius 1 is 1.13 bits per heavy atom. The van der Waals surface area contributed by atoms with Gasteiger partial charge in [0.25, 0.3) is 0 Å². The van der Waals surface area contributed by atoms with Crippen molar-refractivity contribution in [3.8, 4) is 5.75 Å². The topological polar surface area (TPSA) is 72.5 Å². The average Bonchev–Trinajstić information content (AvgIpc) is 2.49. The first kappa shape index (κ1) is 17.5. The molecule has 5 nitrogen and oxygen atoms in total. The van der Waals surface area contributed by atoms with Crippen LogP contribution in [0.15, 0.2) is 53.0 Å². The van der Waals surface area contributed by atoms with Crippen LogP contribution in [0.3, 0.4) is 0 Å². The summed E-state index contributed by atoms with van der Waals surface area (Å²) in [5.41, 5.74) is 1.08. The molecule has 2 aromatic carbocycles. The summed E-state index contributed by atoms with van der Waals surface area (Å²) < 4.78 is 30.3. The number of halogens is 1. The van der Waals surface area contributed by atoms with Gasteiger partial charge in [-0.25, -0.2) is 8.42 Å². The molecule has 2 rings (SSSR count). The quantitative estimate of drug-likeness (QED) is 0.812. The first-order valence-electron chi connectivity index (χ1n) is 6.77. The summed E-state index contributed by atoms with van der Waals surface area (Å²) in [4.78, 5) is 12.0. The Hall–Kier alpha value is -1.86. The maximum absolute atomic E-state index is 12.1. The van der Waals surface area contributed by atoms with Crippen LogP contribution in [0.4, 0.5) is 5.69 Å². The molecule has 2 aromatic rings. The monoisotopic (exact) mass is 397 g/mol. The van der Waals surface area contributed by atoms with E-state index in [1.807, 2.05) is 0 Å². The summed E-state index contributed by atoms with van der Waals surface area (Å²) >= 11 is 3.29. The third kappa shape index (κ3) is 5.37. The summed E-state index contributed by atoms with van der Waals surface area (Å²) in [6.45, 7) is 0. The van der Waals surface area contributed by atoms with Crippen molar-refractivity contribution in [2.75, 3.05) is 18.2 Å². The molecule has 0 aliphatic carbocycles. The highest BCUT2D eigenvalue weighted by Gasteiger charge is 2.18. The van der Waals surface area contributed by atoms with E-state index in [9.17, 15) is 13.2 Å². The Labute approximate surface area is 143 Å². The van der Waals surface area contributed by atoms with Crippen molar-refractivity contribution < 1.29 is 17.9 Å². The Balaban J connectivity index is 2.02. The number of sulfone groups is 1. The fourth-order valence-corrected chi connectivity index (χ4v) is 3.56. The number of benzene rings is 2. The summed E-state index contributed by atoms with van der Waals surface area (Å²) in [6, 6.07) is 13.8. The van der Waals surface area contributed by atoms with Crippen LogP contribution in [0.25, 0.3) is 0 Å². The lowest BCUT2D eigenvalue weighted by Gasteiger charge is -2.10. The molecule has 0 aliphatic heterocycles. The molecule has 0 fully saturated rings. The summed E-state index contributed by atoms with van der Waals surface area (Å²) in [6.07, 6.45) is 0. The van der Waals surface area contributed by atoms with Gasteiger partial charge in [0.2, 0.25) is 5.91 Å². The van der Waals surface area contributed by atoms with Gasteiger partial charge in [-0.15, -0.1) is 0 Å². The van der Waals surface area contributed by atoms with Crippen LogP contribution >= 0.6 is 15.9 Å². The fraction of sp³-hybridized carbons (Fsp3) is 0.188. The highest BCUT2D eigenvalue weighted by molar-refractivity contribution is 9.10. The van der Waals surface area contributed by atoms with Crippen LogP contribution in [0.5, 0.6) is 5.75 Å². The lowest BCUT2D eigenvalue weighted by molar-refractivity contribution is -0.113. The first-order chi connectivity index (χ1) is 10.9. The van der Waals surface area contributed by atoms with Gasteiger partial charge in [0.1, 0.15) is 11.5 Å². The van der Waals surface area contributed by atoms with Gasteiger partial charge in [0, 0.05) is 4.47 Å². The smallest absolute Gasteiger partial charge is 0.239 e. The first-order valence-corrected chi connectivity index (χ1v) is 9.39. The van der Waals surface area contributed by atoms with Gasteiger partial charge in [0.15, 0.2) is 9.84 Å². The molecular weight excluding hydrogens is 382 g/mol. The van der Waals surface area contributed by atoms with E-state index in [0.29, 0.717) is 17.0 Å². The maximum atomic E-state index is 12.1. The number of carbonyl (C=O) groups excluding carboxylic acids is 1. The lowest BCUT2D eigenvalue weighted by atomic mass is 10.2. The predicted molar refractivity (Wildman–Crippen MR) is 93.3 cm³/mol. The molecule has 0 heterocycles. The molecule has 0 radical (unpaired) electrons. The number of para-hydroxylation sites is 2. The normalized spacial score (nSPS) is 11.0. The van der Waals surface area contributed by atoms with Crippen LogP contribution < -0.4 is 10.1 Å². The Kier molecular flexibility index (Phi) is 5.79. The summed E-state index contributed by atoms with van der Waals surface area (Å²) in [5.74, 6) is -0.876. The van der Waals surface area contributed by atoms with Crippen molar-refractivity contribution in [2.45, 2.75) is 5.75 Å². The Morgan fingerprint density at radius 2 is 1.78 bits per heavy atom. The molecule has 0 spiro atoms. The van der Waals surface area contributed by atoms with Gasteiger partial charge < -0.3 is 10.1 Å². The van der Waals surface area contributed by atoms with Crippen molar-refractivity contribution in [2.24, 2.45) is 0 Å². The molecule has 0 unspecified atom stereocenters. The highest BCUT2D eigenvalue weighted by atomic mass is 79.9. The van der Waals surface area contributed by atoms with Gasteiger partial charge in [-0.2, -0.15) is 0 Å². The van der Waals surface area contributed by atoms with Crippen LogP contribution in [-0.4, -0.2) is 27.2 Å². The minimum atomic E-state index is -3.55. The molecule has 0 aromatic heterocycles. The van der Waals surface area contributed by atoms with Gasteiger partial charge in [-0.3, -0.25) is 4.79 Å². The van der Waals surface area contributed by atoms with Gasteiger partial charge in [0.05, 0.1) is 18.6 Å².